The first kappa shape index (κ1) is 20.9. The number of carbonyl (C=O) groups is 1. The van der Waals surface area contributed by atoms with Gasteiger partial charge in [-0.3, -0.25) is 4.79 Å². The number of para-hydroxylation sites is 1. The average molecular weight is 390 g/mol. The number of benzene rings is 2. The Morgan fingerprint density at radius 2 is 1.83 bits per heavy atom. The van der Waals surface area contributed by atoms with Crippen LogP contribution in [0, 0.1) is 0 Å². The zero-order valence-corrected chi connectivity index (χ0v) is 17.6. The van der Waals surface area contributed by atoms with Crippen LogP contribution < -0.4 is 4.90 Å². The number of aryl methyl sites for hydroxylation is 2. The van der Waals surface area contributed by atoms with Gasteiger partial charge in [0.05, 0.1) is 0 Å². The molecule has 0 aliphatic carbocycles. The van der Waals surface area contributed by atoms with Crippen LogP contribution in [-0.4, -0.2) is 13.0 Å². The number of nitrogens with zero attached hydrogens (tertiary/aromatic N) is 1. The van der Waals surface area contributed by atoms with E-state index in [0.717, 1.165) is 24.9 Å². The summed E-state index contributed by atoms with van der Waals surface area (Å²) in [5, 5.41) is 0. The molecule has 0 bridgehead atoms. The maximum absolute atomic E-state index is 10.4. The largest absolute Gasteiger partial charge is 0.434 e. The number of fused-ring (bicyclic) bond motifs is 2. The lowest BCUT2D eigenvalue weighted by molar-refractivity contribution is -0.124. The fourth-order valence-corrected chi connectivity index (χ4v) is 3.90. The predicted octanol–water partition coefficient (Wildman–Crippen LogP) is 6.59. The Labute approximate surface area is 174 Å². The first-order valence-corrected chi connectivity index (χ1v) is 10.7. The van der Waals surface area contributed by atoms with E-state index in [1.165, 1.54) is 48.2 Å². The molecular formula is C26H31NO2. The van der Waals surface area contributed by atoms with Crippen molar-refractivity contribution in [1.29, 1.82) is 0 Å². The Morgan fingerprint density at radius 3 is 2.66 bits per heavy atom. The van der Waals surface area contributed by atoms with Crippen LogP contribution in [0.3, 0.4) is 0 Å². The van der Waals surface area contributed by atoms with Crippen LogP contribution in [0.15, 0.2) is 60.4 Å². The van der Waals surface area contributed by atoms with Gasteiger partial charge in [0.1, 0.15) is 5.76 Å². The highest BCUT2D eigenvalue weighted by Crippen LogP contribution is 2.36. The van der Waals surface area contributed by atoms with Gasteiger partial charge in [-0.05, 0) is 67.2 Å². The van der Waals surface area contributed by atoms with E-state index >= 15 is 0 Å². The first-order valence-electron chi connectivity index (χ1n) is 10.7. The van der Waals surface area contributed by atoms with E-state index in [1.54, 1.807) is 13.0 Å². The summed E-state index contributed by atoms with van der Waals surface area (Å²) >= 11 is 0. The summed E-state index contributed by atoms with van der Waals surface area (Å²) in [7, 11) is 0. The number of unbranched alkanes of at least 4 members (excludes halogenated alkanes) is 3. The van der Waals surface area contributed by atoms with Crippen LogP contribution in [0.5, 0.6) is 0 Å². The second kappa shape index (κ2) is 10.7. The third-order valence-electron chi connectivity index (χ3n) is 5.43. The molecule has 152 valence electrons. The van der Waals surface area contributed by atoms with Crippen LogP contribution in [0.25, 0.3) is 6.08 Å². The molecule has 0 atom stereocenters. The van der Waals surface area contributed by atoms with Gasteiger partial charge in [0, 0.05) is 17.9 Å². The molecule has 3 heteroatoms. The van der Waals surface area contributed by atoms with Crippen LogP contribution in [0.1, 0.15) is 56.2 Å². The molecule has 29 heavy (non-hydrogen) atoms. The fraction of sp³-hybridized carbons (Fsp3) is 0.346. The Balaban J connectivity index is 1.86. The Hall–Kier alpha value is -2.81. The van der Waals surface area contributed by atoms with Crippen LogP contribution >= 0.6 is 0 Å². The molecule has 0 fully saturated rings. The molecule has 2 aromatic carbocycles. The van der Waals surface area contributed by atoms with Gasteiger partial charge >= 0.3 is 0 Å². The average Bonchev–Trinajstić information content (AvgIpc) is 2.88. The SMILES string of the molecule is CCCCCCN1c2ccccc2CCc2cc(/C=C/C=C(/C)OC=O)ccc21. The first-order chi connectivity index (χ1) is 14.2. The van der Waals surface area contributed by atoms with Crippen LogP contribution in [-0.2, 0) is 22.4 Å². The molecule has 0 saturated heterocycles. The van der Waals surface area contributed by atoms with E-state index in [4.69, 9.17) is 4.74 Å². The molecule has 0 amide bonds. The van der Waals surface area contributed by atoms with E-state index in [2.05, 4.69) is 60.4 Å². The number of ether oxygens (including phenoxy) is 1. The van der Waals surface area contributed by atoms with Crippen molar-refractivity contribution < 1.29 is 9.53 Å². The minimum absolute atomic E-state index is 0.453. The predicted molar refractivity (Wildman–Crippen MR) is 121 cm³/mol. The van der Waals surface area contributed by atoms with Crippen molar-refractivity contribution in [2.75, 3.05) is 11.4 Å². The molecule has 3 nitrogen and oxygen atoms in total. The van der Waals surface area contributed by atoms with Crippen molar-refractivity contribution in [2.45, 2.75) is 52.4 Å². The van der Waals surface area contributed by atoms with Gasteiger partial charge in [0.2, 0.25) is 0 Å². The standard InChI is InChI=1S/C26H31NO2/c1-3-4-5-8-18-27-25-13-7-6-12-23(25)15-16-24-19-22(14-17-26(24)27)11-9-10-21(2)29-20-28/h6-7,9-14,17,19-20H,3-5,8,15-16,18H2,1-2H3/b11-9+,21-10-. The third-order valence-corrected chi connectivity index (χ3v) is 5.43. The lowest BCUT2D eigenvalue weighted by Crippen LogP contribution is -2.19. The quantitative estimate of drug-likeness (QED) is 0.210. The lowest BCUT2D eigenvalue weighted by atomic mass is 10.0. The van der Waals surface area contributed by atoms with Gasteiger partial charge in [-0.15, -0.1) is 0 Å². The second-order valence-electron chi connectivity index (χ2n) is 7.58. The molecule has 1 aliphatic heterocycles. The molecular weight excluding hydrogens is 358 g/mol. The summed E-state index contributed by atoms with van der Waals surface area (Å²) < 4.78 is 4.81. The van der Waals surface area contributed by atoms with Gasteiger partial charge in [-0.2, -0.15) is 0 Å². The molecule has 0 spiro atoms. The second-order valence-corrected chi connectivity index (χ2v) is 7.58. The molecule has 1 heterocycles. The highest BCUT2D eigenvalue weighted by Gasteiger charge is 2.20. The van der Waals surface area contributed by atoms with E-state index in [1.807, 2.05) is 6.08 Å². The van der Waals surface area contributed by atoms with E-state index < -0.39 is 0 Å². The van der Waals surface area contributed by atoms with Gasteiger partial charge < -0.3 is 9.64 Å². The Bertz CT molecular complexity index is 882. The lowest BCUT2D eigenvalue weighted by Gasteiger charge is -2.27. The molecule has 0 aromatic heterocycles. The summed E-state index contributed by atoms with van der Waals surface area (Å²) in [5.41, 5.74) is 6.68. The van der Waals surface area contributed by atoms with E-state index in [-0.39, 0.29) is 0 Å². The Kier molecular flexibility index (Phi) is 7.69. The smallest absolute Gasteiger partial charge is 0.298 e. The van der Waals surface area contributed by atoms with Gasteiger partial charge in [-0.25, -0.2) is 0 Å². The molecule has 0 N–H and O–H groups in total. The van der Waals surface area contributed by atoms with Crippen molar-refractivity contribution in [3.05, 3.63) is 77.1 Å². The summed E-state index contributed by atoms with van der Waals surface area (Å²) in [5.74, 6) is 0.583. The maximum atomic E-state index is 10.4. The molecule has 0 radical (unpaired) electrons. The number of anilines is 2. The van der Waals surface area contributed by atoms with Crippen LogP contribution in [0.4, 0.5) is 11.4 Å². The third kappa shape index (κ3) is 5.60. The molecule has 0 unspecified atom stereocenters. The number of rotatable bonds is 9. The summed E-state index contributed by atoms with van der Waals surface area (Å²) in [6.07, 6.45) is 12.9. The highest BCUT2D eigenvalue weighted by molar-refractivity contribution is 5.72. The molecule has 0 saturated carbocycles. The van der Waals surface area contributed by atoms with Gasteiger partial charge in [0.15, 0.2) is 0 Å². The normalized spacial score (nSPS) is 13.7. The molecule has 1 aliphatic rings. The minimum Gasteiger partial charge on any atom is -0.434 e. The van der Waals surface area contributed by atoms with Crippen molar-refractivity contribution in [2.24, 2.45) is 0 Å². The zero-order valence-electron chi connectivity index (χ0n) is 17.6. The number of hydrogen-bond donors (Lipinski definition) is 0. The minimum atomic E-state index is 0.453. The number of hydrogen-bond acceptors (Lipinski definition) is 3. The van der Waals surface area contributed by atoms with E-state index in [0.29, 0.717) is 12.2 Å². The van der Waals surface area contributed by atoms with Crippen molar-refractivity contribution in [1.82, 2.24) is 0 Å². The zero-order chi connectivity index (χ0) is 20.5. The monoisotopic (exact) mass is 389 g/mol. The summed E-state index contributed by atoms with van der Waals surface area (Å²) in [4.78, 5) is 12.9. The number of allylic oxidation sites excluding steroid dienone is 3. The molecule has 2 aromatic rings. The fourth-order valence-electron chi connectivity index (χ4n) is 3.90. The van der Waals surface area contributed by atoms with Crippen molar-refractivity contribution >= 4 is 23.9 Å². The summed E-state index contributed by atoms with van der Waals surface area (Å²) in [6.45, 7) is 5.54. The Morgan fingerprint density at radius 1 is 1.03 bits per heavy atom. The summed E-state index contributed by atoms with van der Waals surface area (Å²) in [6, 6.07) is 15.5. The topological polar surface area (TPSA) is 29.5 Å². The van der Waals surface area contributed by atoms with Crippen LogP contribution in [0.2, 0.25) is 0 Å². The maximum Gasteiger partial charge on any atom is 0.298 e. The molecule has 3 rings (SSSR count). The van der Waals surface area contributed by atoms with E-state index in [9.17, 15) is 4.79 Å². The van der Waals surface area contributed by atoms with Crippen molar-refractivity contribution in [3.8, 4) is 0 Å². The van der Waals surface area contributed by atoms with Gasteiger partial charge in [-0.1, -0.05) is 62.6 Å². The highest BCUT2D eigenvalue weighted by atomic mass is 16.5. The number of carbonyl (C=O) groups excluding carboxylic acids is 1. The van der Waals surface area contributed by atoms with Crippen molar-refractivity contribution in [3.63, 3.8) is 0 Å². The van der Waals surface area contributed by atoms with Gasteiger partial charge in [0.25, 0.3) is 6.47 Å².